The van der Waals surface area contributed by atoms with Crippen molar-refractivity contribution in [3.05, 3.63) is 91.8 Å². The molecule has 0 radical (unpaired) electrons. The van der Waals surface area contributed by atoms with Crippen LogP contribution in [0, 0.1) is 11.3 Å². The van der Waals surface area contributed by atoms with Crippen molar-refractivity contribution in [3.63, 3.8) is 0 Å². The first kappa shape index (κ1) is 20.5. The molecule has 5 nitrogen and oxygen atoms in total. The quantitative estimate of drug-likeness (QED) is 0.444. The number of nitriles is 1. The van der Waals surface area contributed by atoms with Gasteiger partial charge in [0.2, 0.25) is 0 Å². The van der Waals surface area contributed by atoms with Gasteiger partial charge in [0, 0.05) is 11.3 Å². The van der Waals surface area contributed by atoms with Crippen molar-refractivity contribution >= 4 is 21.6 Å². The highest BCUT2D eigenvalue weighted by Crippen LogP contribution is 2.34. The third-order valence-corrected chi connectivity index (χ3v) is 7.26. The van der Waals surface area contributed by atoms with Crippen LogP contribution in [0.2, 0.25) is 0 Å². The van der Waals surface area contributed by atoms with Gasteiger partial charge < -0.3 is 4.74 Å². The van der Waals surface area contributed by atoms with E-state index in [4.69, 9.17) is 9.72 Å². The lowest BCUT2D eigenvalue weighted by molar-refractivity contribution is 0.414. The number of nitrogens with zero attached hydrogens (tertiary/aromatic N) is 3. The first-order valence-corrected chi connectivity index (χ1v) is 11.6. The number of thiophene rings is 1. The number of methoxy groups -OCH3 is 1. The molecule has 0 amide bonds. The maximum absolute atomic E-state index is 13.8. The van der Waals surface area contributed by atoms with E-state index in [1.807, 2.05) is 42.5 Å². The van der Waals surface area contributed by atoms with E-state index >= 15 is 0 Å². The summed E-state index contributed by atoms with van der Waals surface area (Å²) < 4.78 is 7.07. The van der Waals surface area contributed by atoms with Crippen molar-refractivity contribution in [2.24, 2.45) is 0 Å². The zero-order chi connectivity index (χ0) is 22.1. The monoisotopic (exact) mass is 441 g/mol. The van der Waals surface area contributed by atoms with Gasteiger partial charge in [0.1, 0.15) is 16.4 Å². The third kappa shape index (κ3) is 3.80. The largest absolute Gasteiger partial charge is 0.497 e. The summed E-state index contributed by atoms with van der Waals surface area (Å²) in [5.74, 6) is 1.54. The van der Waals surface area contributed by atoms with Crippen LogP contribution < -0.4 is 10.3 Å². The lowest BCUT2D eigenvalue weighted by Gasteiger charge is -2.14. The molecule has 0 aliphatic heterocycles. The minimum absolute atomic E-state index is 0.0280. The number of benzene rings is 2. The van der Waals surface area contributed by atoms with Gasteiger partial charge >= 0.3 is 0 Å². The van der Waals surface area contributed by atoms with Crippen LogP contribution in [0.25, 0.3) is 10.2 Å². The summed E-state index contributed by atoms with van der Waals surface area (Å²) in [7, 11) is 1.65. The molecule has 5 rings (SSSR count). The lowest BCUT2D eigenvalue weighted by atomic mass is 9.97. The SMILES string of the molecule is COc1ccc(Cc2nc3sc4c(c3c(=O)n2Cc2cccc(C#N)c2)CCCC4)cc1. The van der Waals surface area contributed by atoms with Crippen molar-refractivity contribution < 1.29 is 4.74 Å². The third-order valence-electron chi connectivity index (χ3n) is 6.07. The summed E-state index contributed by atoms with van der Waals surface area (Å²) in [5, 5.41) is 10.1. The van der Waals surface area contributed by atoms with E-state index in [9.17, 15) is 10.1 Å². The standard InChI is InChI=1S/C26H23N3O2S/c1-31-20-11-9-17(10-12-20)14-23-28-25-24(21-7-2-3-8-22(21)32-25)26(30)29(23)16-19-6-4-5-18(13-19)15-27/h4-6,9-13H,2-3,7-8,14,16H2,1H3. The molecule has 0 saturated heterocycles. The summed E-state index contributed by atoms with van der Waals surface area (Å²) in [5.41, 5.74) is 3.81. The highest BCUT2D eigenvalue weighted by atomic mass is 32.1. The predicted octanol–water partition coefficient (Wildman–Crippen LogP) is 4.86. The molecule has 2 heterocycles. The number of rotatable bonds is 5. The number of hydrogen-bond acceptors (Lipinski definition) is 5. The van der Waals surface area contributed by atoms with Crippen molar-refractivity contribution in [1.82, 2.24) is 9.55 Å². The lowest BCUT2D eigenvalue weighted by Crippen LogP contribution is -2.26. The van der Waals surface area contributed by atoms with Crippen LogP contribution in [0.4, 0.5) is 0 Å². The van der Waals surface area contributed by atoms with Gasteiger partial charge in [0.25, 0.3) is 5.56 Å². The predicted molar refractivity (Wildman–Crippen MR) is 127 cm³/mol. The van der Waals surface area contributed by atoms with Crippen LogP contribution >= 0.6 is 11.3 Å². The van der Waals surface area contributed by atoms with E-state index in [0.29, 0.717) is 18.5 Å². The van der Waals surface area contributed by atoms with E-state index in [2.05, 4.69) is 6.07 Å². The molecule has 0 fully saturated rings. The maximum atomic E-state index is 13.8. The van der Waals surface area contributed by atoms with Crippen LogP contribution in [0.5, 0.6) is 5.75 Å². The zero-order valence-corrected chi connectivity index (χ0v) is 18.7. The van der Waals surface area contributed by atoms with E-state index < -0.39 is 0 Å². The van der Waals surface area contributed by atoms with E-state index in [1.54, 1.807) is 29.1 Å². The molecule has 1 aliphatic carbocycles. The second-order valence-corrected chi connectivity index (χ2v) is 9.23. The molecule has 0 bridgehead atoms. The van der Waals surface area contributed by atoms with Gasteiger partial charge in [-0.25, -0.2) is 4.98 Å². The molecule has 1 aliphatic rings. The highest BCUT2D eigenvalue weighted by Gasteiger charge is 2.22. The van der Waals surface area contributed by atoms with E-state index in [1.165, 1.54) is 16.9 Å². The zero-order valence-electron chi connectivity index (χ0n) is 17.9. The Morgan fingerprint density at radius 3 is 2.72 bits per heavy atom. The molecule has 0 spiro atoms. The second kappa shape index (κ2) is 8.60. The van der Waals surface area contributed by atoms with Crippen LogP contribution in [0.3, 0.4) is 0 Å². The first-order chi connectivity index (χ1) is 15.7. The molecule has 2 aromatic carbocycles. The van der Waals surface area contributed by atoms with Crippen molar-refractivity contribution in [3.8, 4) is 11.8 Å². The average molecular weight is 442 g/mol. The summed E-state index contributed by atoms with van der Waals surface area (Å²) in [4.78, 5) is 20.9. The van der Waals surface area contributed by atoms with Gasteiger partial charge in [-0.15, -0.1) is 11.3 Å². The summed E-state index contributed by atoms with van der Waals surface area (Å²) in [6, 6.07) is 17.5. The van der Waals surface area contributed by atoms with Crippen molar-refractivity contribution in [2.45, 2.75) is 38.6 Å². The summed E-state index contributed by atoms with van der Waals surface area (Å²) in [6.07, 6.45) is 4.83. The van der Waals surface area contributed by atoms with Gasteiger partial charge in [-0.2, -0.15) is 5.26 Å². The van der Waals surface area contributed by atoms with Gasteiger partial charge in [-0.05, 0) is 66.6 Å². The molecule has 0 atom stereocenters. The molecule has 0 saturated carbocycles. The first-order valence-electron chi connectivity index (χ1n) is 10.8. The number of hydrogen-bond donors (Lipinski definition) is 0. The fraction of sp³-hybridized carbons (Fsp3) is 0.269. The highest BCUT2D eigenvalue weighted by molar-refractivity contribution is 7.18. The summed E-state index contributed by atoms with van der Waals surface area (Å²) in [6.45, 7) is 0.396. The molecule has 2 aromatic heterocycles. The van der Waals surface area contributed by atoms with Crippen molar-refractivity contribution in [1.29, 1.82) is 5.26 Å². The van der Waals surface area contributed by atoms with Gasteiger partial charge in [0.05, 0.1) is 30.7 Å². The van der Waals surface area contributed by atoms with Gasteiger partial charge in [0.15, 0.2) is 0 Å². The van der Waals surface area contributed by atoms with Gasteiger partial charge in [-0.3, -0.25) is 9.36 Å². The van der Waals surface area contributed by atoms with Crippen LogP contribution in [0.15, 0.2) is 53.3 Å². The summed E-state index contributed by atoms with van der Waals surface area (Å²) >= 11 is 1.68. The smallest absolute Gasteiger partial charge is 0.262 e. The molecular weight excluding hydrogens is 418 g/mol. The Kier molecular flexibility index (Phi) is 5.50. The van der Waals surface area contributed by atoms with Crippen LogP contribution in [-0.2, 0) is 25.8 Å². The number of aryl methyl sites for hydroxylation is 2. The Morgan fingerprint density at radius 2 is 1.94 bits per heavy atom. The molecule has 6 heteroatoms. The fourth-order valence-electron chi connectivity index (χ4n) is 4.43. The molecule has 160 valence electrons. The maximum Gasteiger partial charge on any atom is 0.262 e. The Balaban J connectivity index is 1.64. The number of ether oxygens (including phenoxy) is 1. The normalized spacial score (nSPS) is 13.0. The molecule has 4 aromatic rings. The minimum atomic E-state index is 0.0280. The van der Waals surface area contributed by atoms with Gasteiger partial charge in [-0.1, -0.05) is 24.3 Å². The van der Waals surface area contributed by atoms with E-state index in [0.717, 1.165) is 52.2 Å². The molecule has 0 N–H and O–H groups in total. The van der Waals surface area contributed by atoms with Crippen LogP contribution in [-0.4, -0.2) is 16.7 Å². The fourth-order valence-corrected chi connectivity index (χ4v) is 5.70. The molecular formula is C26H23N3O2S. The van der Waals surface area contributed by atoms with Crippen LogP contribution in [0.1, 0.15) is 45.8 Å². The number of aromatic nitrogens is 2. The topological polar surface area (TPSA) is 67.9 Å². The minimum Gasteiger partial charge on any atom is -0.497 e. The molecule has 32 heavy (non-hydrogen) atoms. The average Bonchev–Trinajstić information content (AvgIpc) is 3.20. The van der Waals surface area contributed by atoms with E-state index in [-0.39, 0.29) is 5.56 Å². The Labute approximate surface area is 190 Å². The Bertz CT molecular complexity index is 1390. The molecule has 0 unspecified atom stereocenters. The van der Waals surface area contributed by atoms with Crippen molar-refractivity contribution in [2.75, 3.05) is 7.11 Å². The Hall–Kier alpha value is -3.43. The second-order valence-electron chi connectivity index (χ2n) is 8.15. The number of fused-ring (bicyclic) bond motifs is 3. The Morgan fingerprint density at radius 1 is 1.12 bits per heavy atom.